The number of guanidine groups is 1. The molecule has 0 aromatic carbocycles. The zero-order valence-electron chi connectivity index (χ0n) is 13.2. The van der Waals surface area contributed by atoms with Gasteiger partial charge in [-0.05, 0) is 39.8 Å². The van der Waals surface area contributed by atoms with Crippen LogP contribution in [0.2, 0.25) is 0 Å². The van der Waals surface area contributed by atoms with E-state index in [0.717, 1.165) is 19.0 Å². The fourth-order valence-corrected chi connectivity index (χ4v) is 3.64. The fraction of sp³-hybridized carbons (Fsp3) is 0.438. The highest BCUT2D eigenvalue weighted by Crippen LogP contribution is 2.19. The van der Waals surface area contributed by atoms with E-state index in [9.17, 15) is 0 Å². The Bertz CT molecular complexity index is 492. The van der Waals surface area contributed by atoms with E-state index in [2.05, 4.69) is 63.8 Å². The highest BCUT2D eigenvalue weighted by molar-refractivity contribution is 14.0. The van der Waals surface area contributed by atoms with Gasteiger partial charge in [0.2, 0.25) is 0 Å². The highest BCUT2D eigenvalue weighted by atomic mass is 127. The van der Waals surface area contributed by atoms with Gasteiger partial charge in [-0.25, -0.2) is 0 Å². The van der Waals surface area contributed by atoms with E-state index in [4.69, 9.17) is 0 Å². The Morgan fingerprint density at radius 2 is 1.86 bits per heavy atom. The van der Waals surface area contributed by atoms with Crippen LogP contribution >= 0.6 is 46.7 Å². The fourth-order valence-electron chi connectivity index (χ4n) is 2.07. The van der Waals surface area contributed by atoms with Gasteiger partial charge < -0.3 is 10.6 Å². The number of nitrogens with zero attached hydrogens (tertiary/aromatic N) is 1. The summed E-state index contributed by atoms with van der Waals surface area (Å²) in [7, 11) is 1.82. The predicted octanol–water partition coefficient (Wildman–Crippen LogP) is 4.50. The first-order chi connectivity index (χ1) is 10.2. The lowest BCUT2D eigenvalue weighted by atomic mass is 10.1. The van der Waals surface area contributed by atoms with Crippen LogP contribution in [0.3, 0.4) is 0 Å². The summed E-state index contributed by atoms with van der Waals surface area (Å²) in [4.78, 5) is 5.70. The van der Waals surface area contributed by atoms with E-state index >= 15 is 0 Å². The summed E-state index contributed by atoms with van der Waals surface area (Å²) in [6, 6.07) is 6.48. The Labute approximate surface area is 158 Å². The van der Waals surface area contributed by atoms with Gasteiger partial charge in [0, 0.05) is 30.9 Å². The third-order valence-corrected chi connectivity index (χ3v) is 5.32. The molecule has 0 aliphatic rings. The molecule has 2 aromatic heterocycles. The van der Waals surface area contributed by atoms with Crippen LogP contribution in [0.15, 0.2) is 39.3 Å². The molecule has 0 bridgehead atoms. The molecule has 0 radical (unpaired) electrons. The zero-order chi connectivity index (χ0) is 15.1. The molecule has 22 heavy (non-hydrogen) atoms. The van der Waals surface area contributed by atoms with Crippen LogP contribution in [0.5, 0.6) is 0 Å². The zero-order valence-corrected chi connectivity index (χ0v) is 17.2. The molecule has 2 aromatic rings. The van der Waals surface area contributed by atoms with Crippen molar-refractivity contribution in [2.45, 2.75) is 25.7 Å². The molecule has 0 amide bonds. The summed E-state index contributed by atoms with van der Waals surface area (Å²) in [6.07, 6.45) is 0. The standard InChI is InChI=1S/C16H23N3S2.HI/c1-12(14-6-8-20-11-14)9-18-16(17-3)19-10-13(2)15-5-4-7-21-15;/h4-8,11-13H,9-10H2,1-3H3,(H2,17,18,19);1H. The lowest BCUT2D eigenvalue weighted by Gasteiger charge is -2.17. The summed E-state index contributed by atoms with van der Waals surface area (Å²) < 4.78 is 0. The van der Waals surface area contributed by atoms with E-state index in [1.165, 1.54) is 10.4 Å². The Hall–Kier alpha value is -0.600. The molecule has 2 rings (SSSR count). The van der Waals surface area contributed by atoms with Crippen molar-refractivity contribution in [2.75, 3.05) is 20.1 Å². The maximum Gasteiger partial charge on any atom is 0.191 e. The minimum Gasteiger partial charge on any atom is -0.356 e. The Kier molecular flexibility index (Phi) is 9.04. The average Bonchev–Trinajstić information content (AvgIpc) is 3.19. The smallest absolute Gasteiger partial charge is 0.191 e. The van der Waals surface area contributed by atoms with Crippen LogP contribution in [-0.2, 0) is 0 Å². The molecule has 2 atom stereocenters. The summed E-state index contributed by atoms with van der Waals surface area (Å²) in [6.45, 7) is 6.26. The van der Waals surface area contributed by atoms with E-state index < -0.39 is 0 Å². The number of thiophene rings is 2. The van der Waals surface area contributed by atoms with Crippen molar-refractivity contribution < 1.29 is 0 Å². The van der Waals surface area contributed by atoms with Gasteiger partial charge in [0.25, 0.3) is 0 Å². The molecule has 0 aliphatic heterocycles. The molecule has 0 aliphatic carbocycles. The Morgan fingerprint density at radius 1 is 1.14 bits per heavy atom. The summed E-state index contributed by atoms with van der Waals surface area (Å²) >= 11 is 3.56. The summed E-state index contributed by atoms with van der Waals surface area (Å²) in [5.41, 5.74) is 1.38. The molecule has 122 valence electrons. The second-order valence-corrected chi connectivity index (χ2v) is 6.97. The largest absolute Gasteiger partial charge is 0.356 e. The van der Waals surface area contributed by atoms with Gasteiger partial charge in [0.1, 0.15) is 0 Å². The molecule has 6 heteroatoms. The van der Waals surface area contributed by atoms with E-state index in [1.54, 1.807) is 11.3 Å². The number of rotatable bonds is 6. The van der Waals surface area contributed by atoms with Crippen molar-refractivity contribution >= 4 is 52.6 Å². The first-order valence-electron chi connectivity index (χ1n) is 7.20. The Morgan fingerprint density at radius 3 is 2.41 bits per heavy atom. The van der Waals surface area contributed by atoms with Crippen LogP contribution in [0.1, 0.15) is 36.1 Å². The topological polar surface area (TPSA) is 36.4 Å². The van der Waals surface area contributed by atoms with Gasteiger partial charge in [-0.15, -0.1) is 35.3 Å². The maximum atomic E-state index is 4.30. The van der Waals surface area contributed by atoms with Crippen molar-refractivity contribution in [1.82, 2.24) is 10.6 Å². The molecule has 3 nitrogen and oxygen atoms in total. The van der Waals surface area contributed by atoms with Crippen LogP contribution < -0.4 is 10.6 Å². The van der Waals surface area contributed by atoms with Crippen molar-refractivity contribution in [3.63, 3.8) is 0 Å². The number of nitrogens with one attached hydrogen (secondary N) is 2. The van der Waals surface area contributed by atoms with Crippen molar-refractivity contribution in [2.24, 2.45) is 4.99 Å². The maximum absolute atomic E-state index is 4.30. The van der Waals surface area contributed by atoms with Crippen molar-refractivity contribution in [1.29, 1.82) is 0 Å². The lowest BCUT2D eigenvalue weighted by molar-refractivity contribution is 0.677. The van der Waals surface area contributed by atoms with E-state index in [-0.39, 0.29) is 24.0 Å². The Balaban J connectivity index is 0.00000242. The molecule has 0 saturated carbocycles. The number of aliphatic imine (C=N–C) groups is 1. The van der Waals surface area contributed by atoms with Crippen molar-refractivity contribution in [3.05, 3.63) is 44.8 Å². The predicted molar refractivity (Wildman–Crippen MR) is 110 cm³/mol. The normalized spacial score (nSPS) is 14.0. The molecule has 2 unspecified atom stereocenters. The second-order valence-electron chi connectivity index (χ2n) is 5.21. The molecule has 2 heterocycles. The molecular formula is C16H24IN3S2. The minimum atomic E-state index is 0. The van der Waals surface area contributed by atoms with Gasteiger partial charge >= 0.3 is 0 Å². The monoisotopic (exact) mass is 449 g/mol. The van der Waals surface area contributed by atoms with Gasteiger partial charge in [0.05, 0.1) is 0 Å². The second kappa shape index (κ2) is 10.2. The summed E-state index contributed by atoms with van der Waals surface area (Å²) in [5, 5.41) is 13.3. The summed E-state index contributed by atoms with van der Waals surface area (Å²) in [5.74, 6) is 1.86. The highest BCUT2D eigenvalue weighted by Gasteiger charge is 2.09. The van der Waals surface area contributed by atoms with Gasteiger partial charge in [-0.2, -0.15) is 11.3 Å². The van der Waals surface area contributed by atoms with Crippen LogP contribution in [-0.4, -0.2) is 26.1 Å². The first kappa shape index (κ1) is 19.4. The number of hydrogen-bond acceptors (Lipinski definition) is 3. The molecule has 0 fully saturated rings. The average molecular weight is 449 g/mol. The molecular weight excluding hydrogens is 425 g/mol. The quantitative estimate of drug-likeness (QED) is 0.387. The van der Waals surface area contributed by atoms with Crippen molar-refractivity contribution in [3.8, 4) is 0 Å². The number of halogens is 1. The molecule has 0 spiro atoms. The van der Waals surface area contributed by atoms with E-state index in [0.29, 0.717) is 11.8 Å². The van der Waals surface area contributed by atoms with Gasteiger partial charge in [-0.1, -0.05) is 19.9 Å². The molecule has 2 N–H and O–H groups in total. The molecule has 0 saturated heterocycles. The van der Waals surface area contributed by atoms with Crippen LogP contribution in [0.25, 0.3) is 0 Å². The van der Waals surface area contributed by atoms with Crippen LogP contribution in [0, 0.1) is 0 Å². The van der Waals surface area contributed by atoms with Gasteiger partial charge in [-0.3, -0.25) is 4.99 Å². The number of hydrogen-bond donors (Lipinski definition) is 2. The third-order valence-electron chi connectivity index (χ3n) is 3.52. The van der Waals surface area contributed by atoms with Crippen LogP contribution in [0.4, 0.5) is 0 Å². The first-order valence-corrected chi connectivity index (χ1v) is 9.03. The van der Waals surface area contributed by atoms with E-state index in [1.807, 2.05) is 18.4 Å². The minimum absolute atomic E-state index is 0. The SMILES string of the molecule is CN=C(NCC(C)c1ccsc1)NCC(C)c1cccs1.I. The third kappa shape index (κ3) is 5.89. The lowest BCUT2D eigenvalue weighted by Crippen LogP contribution is -2.40. The van der Waals surface area contributed by atoms with Gasteiger partial charge in [0.15, 0.2) is 5.96 Å².